The highest BCUT2D eigenvalue weighted by molar-refractivity contribution is 7.91. The minimum atomic E-state index is -3.58. The fraction of sp³-hybridized carbons (Fsp3) is 0.737. The summed E-state index contributed by atoms with van der Waals surface area (Å²) in [6.07, 6.45) is 1.05. The lowest BCUT2D eigenvalue weighted by atomic mass is 10.0. The van der Waals surface area contributed by atoms with E-state index in [9.17, 15) is 18.3 Å². The van der Waals surface area contributed by atoms with E-state index in [4.69, 9.17) is 9.47 Å². The molecule has 0 aromatic carbocycles. The minimum absolute atomic E-state index is 0.0212. The number of β-amino-alcohol motifs (C(OH)–C–C–N with tert-alkyl or cyclic N) is 1. The van der Waals surface area contributed by atoms with Gasteiger partial charge in [-0.25, -0.2) is 18.4 Å². The third kappa shape index (κ3) is 3.42. The summed E-state index contributed by atoms with van der Waals surface area (Å²) in [7, 11) is -3.58. The highest BCUT2D eigenvalue weighted by atomic mass is 32.2. The van der Waals surface area contributed by atoms with Crippen LogP contribution >= 0.6 is 0 Å². The van der Waals surface area contributed by atoms with Crippen LogP contribution in [0.15, 0.2) is 0 Å². The van der Waals surface area contributed by atoms with Crippen LogP contribution in [0.2, 0.25) is 0 Å². The van der Waals surface area contributed by atoms with E-state index in [1.165, 1.54) is 4.90 Å². The van der Waals surface area contributed by atoms with Crippen molar-refractivity contribution in [2.24, 2.45) is 0 Å². The molecule has 1 aromatic heterocycles. The number of sulfone groups is 1. The SMILES string of the molecule is C[C@@H]1COCC2COc3c(nc(C(=O)N4CC[C@@H](O)C4)nc3C(C)(C)S(C)(=O)=O)N21. The number of hydrogen-bond acceptors (Lipinski definition) is 9. The van der Waals surface area contributed by atoms with Crippen molar-refractivity contribution in [3.8, 4) is 5.75 Å². The van der Waals surface area contributed by atoms with Gasteiger partial charge in [0.2, 0.25) is 5.82 Å². The second-order valence-electron chi connectivity index (χ2n) is 8.78. The predicted molar refractivity (Wildman–Crippen MR) is 108 cm³/mol. The van der Waals surface area contributed by atoms with Crippen molar-refractivity contribution in [1.82, 2.24) is 14.9 Å². The third-order valence-electron chi connectivity index (χ3n) is 6.19. The molecule has 0 bridgehead atoms. The highest BCUT2D eigenvalue weighted by Gasteiger charge is 2.44. The number of aliphatic hydroxyl groups excluding tert-OH is 1. The first-order valence-electron chi connectivity index (χ1n) is 10.1. The Morgan fingerprint density at radius 3 is 2.60 bits per heavy atom. The number of amides is 1. The van der Waals surface area contributed by atoms with Gasteiger partial charge in [-0.2, -0.15) is 0 Å². The molecule has 3 atom stereocenters. The number of carbonyl (C=O) groups is 1. The van der Waals surface area contributed by atoms with Crippen molar-refractivity contribution in [2.45, 2.75) is 50.1 Å². The molecule has 0 saturated carbocycles. The first-order valence-corrected chi connectivity index (χ1v) is 12.0. The summed E-state index contributed by atoms with van der Waals surface area (Å²) in [6, 6.07) is -0.103. The molecular weight excluding hydrogens is 412 g/mol. The molecule has 3 aliphatic rings. The number of anilines is 1. The van der Waals surface area contributed by atoms with Crippen LogP contribution in [-0.4, -0.2) is 91.7 Å². The van der Waals surface area contributed by atoms with Crippen molar-refractivity contribution < 1.29 is 27.8 Å². The van der Waals surface area contributed by atoms with Gasteiger partial charge in [0.15, 0.2) is 21.4 Å². The van der Waals surface area contributed by atoms with E-state index in [1.807, 2.05) is 11.8 Å². The third-order valence-corrected chi connectivity index (χ3v) is 8.24. The predicted octanol–water partition coefficient (Wildman–Crippen LogP) is -0.0508. The zero-order valence-electron chi connectivity index (χ0n) is 17.7. The van der Waals surface area contributed by atoms with E-state index in [0.717, 1.165) is 6.26 Å². The maximum absolute atomic E-state index is 13.1. The maximum Gasteiger partial charge on any atom is 0.291 e. The molecule has 3 aliphatic heterocycles. The number of carbonyl (C=O) groups excluding carboxylic acids is 1. The molecule has 2 saturated heterocycles. The van der Waals surface area contributed by atoms with Gasteiger partial charge in [-0.15, -0.1) is 0 Å². The van der Waals surface area contributed by atoms with Crippen LogP contribution in [0.4, 0.5) is 5.82 Å². The molecule has 1 unspecified atom stereocenters. The number of ether oxygens (including phenoxy) is 2. The Balaban J connectivity index is 1.88. The summed E-state index contributed by atoms with van der Waals surface area (Å²) in [5, 5.41) is 9.81. The van der Waals surface area contributed by atoms with Crippen LogP contribution in [0.25, 0.3) is 0 Å². The van der Waals surface area contributed by atoms with Gasteiger partial charge in [0.1, 0.15) is 17.0 Å². The van der Waals surface area contributed by atoms with E-state index in [1.54, 1.807) is 13.8 Å². The van der Waals surface area contributed by atoms with Crippen molar-refractivity contribution in [3.05, 3.63) is 11.5 Å². The second kappa shape index (κ2) is 7.31. The molecule has 4 heterocycles. The summed E-state index contributed by atoms with van der Waals surface area (Å²) >= 11 is 0. The number of hydrogen-bond donors (Lipinski definition) is 1. The molecule has 10 nitrogen and oxygen atoms in total. The molecule has 4 rings (SSSR count). The van der Waals surface area contributed by atoms with E-state index < -0.39 is 26.6 Å². The first kappa shape index (κ1) is 21.3. The van der Waals surface area contributed by atoms with Gasteiger partial charge in [0.25, 0.3) is 5.91 Å². The quantitative estimate of drug-likeness (QED) is 0.689. The monoisotopic (exact) mass is 440 g/mol. The summed E-state index contributed by atoms with van der Waals surface area (Å²) in [5.41, 5.74) is 0.176. The lowest BCUT2D eigenvalue weighted by Crippen LogP contribution is -2.56. The zero-order chi connectivity index (χ0) is 21.8. The number of fused-ring (bicyclic) bond motifs is 3. The standard InChI is InChI=1S/C19H28N4O6S/c1-11-8-28-9-12-10-29-14-15(19(2,3)30(4,26)27)20-16(21-17(14)23(11)12)18(25)22-6-5-13(24)7-22/h11-13,24H,5-10H2,1-4H3/t11-,12?,13-/m1/s1. The Labute approximate surface area is 176 Å². The lowest BCUT2D eigenvalue weighted by Gasteiger charge is -2.45. The normalized spacial score (nSPS) is 26.8. The largest absolute Gasteiger partial charge is 0.486 e. The Morgan fingerprint density at radius 2 is 1.97 bits per heavy atom. The van der Waals surface area contributed by atoms with E-state index in [2.05, 4.69) is 9.97 Å². The number of aromatic nitrogens is 2. The average molecular weight is 441 g/mol. The minimum Gasteiger partial charge on any atom is -0.486 e. The summed E-state index contributed by atoms with van der Waals surface area (Å²) in [5.74, 6) is 0.209. The Morgan fingerprint density at radius 1 is 1.23 bits per heavy atom. The molecule has 1 aromatic rings. The van der Waals surface area contributed by atoms with Crippen molar-refractivity contribution in [2.75, 3.05) is 44.1 Å². The fourth-order valence-corrected chi connectivity index (χ4v) is 4.57. The molecule has 0 radical (unpaired) electrons. The molecule has 11 heteroatoms. The van der Waals surface area contributed by atoms with Crippen LogP contribution < -0.4 is 9.64 Å². The molecule has 166 valence electrons. The van der Waals surface area contributed by atoms with Gasteiger partial charge in [-0.1, -0.05) is 0 Å². The van der Waals surface area contributed by atoms with Gasteiger partial charge >= 0.3 is 0 Å². The van der Waals surface area contributed by atoms with Crippen molar-refractivity contribution in [1.29, 1.82) is 0 Å². The molecule has 1 N–H and O–H groups in total. The van der Waals surface area contributed by atoms with Crippen LogP contribution in [0, 0.1) is 0 Å². The summed E-state index contributed by atoms with van der Waals surface area (Å²) < 4.78 is 35.4. The number of morpholine rings is 1. The highest BCUT2D eigenvalue weighted by Crippen LogP contribution is 2.43. The molecular formula is C19H28N4O6S. The Kier molecular flexibility index (Phi) is 5.18. The summed E-state index contributed by atoms with van der Waals surface area (Å²) in [6.45, 7) is 6.97. The number of aliphatic hydroxyl groups is 1. The van der Waals surface area contributed by atoms with E-state index in [0.29, 0.717) is 44.4 Å². The molecule has 2 fully saturated rings. The molecule has 1 amide bonds. The van der Waals surface area contributed by atoms with Gasteiger partial charge < -0.3 is 24.4 Å². The van der Waals surface area contributed by atoms with Crippen LogP contribution in [0.1, 0.15) is 43.5 Å². The van der Waals surface area contributed by atoms with Crippen LogP contribution in [0.3, 0.4) is 0 Å². The number of likely N-dealkylation sites (tertiary alicyclic amines) is 1. The number of rotatable bonds is 3. The molecule has 30 heavy (non-hydrogen) atoms. The van der Waals surface area contributed by atoms with Crippen molar-refractivity contribution >= 4 is 21.6 Å². The maximum atomic E-state index is 13.1. The molecule has 0 spiro atoms. The van der Waals surface area contributed by atoms with E-state index in [-0.39, 0.29) is 30.1 Å². The van der Waals surface area contributed by atoms with Crippen LogP contribution in [-0.2, 0) is 19.3 Å². The zero-order valence-corrected chi connectivity index (χ0v) is 18.5. The smallest absolute Gasteiger partial charge is 0.291 e. The Bertz CT molecular complexity index is 966. The summed E-state index contributed by atoms with van der Waals surface area (Å²) in [4.78, 5) is 25.6. The van der Waals surface area contributed by atoms with Gasteiger partial charge in [-0.05, 0) is 27.2 Å². The van der Waals surface area contributed by atoms with Gasteiger partial charge in [0.05, 0.1) is 31.4 Å². The first-order chi connectivity index (χ1) is 14.0. The average Bonchev–Trinajstić information content (AvgIpc) is 3.11. The fourth-order valence-electron chi connectivity index (χ4n) is 4.08. The van der Waals surface area contributed by atoms with Gasteiger partial charge in [0, 0.05) is 19.3 Å². The van der Waals surface area contributed by atoms with E-state index >= 15 is 0 Å². The molecule has 0 aliphatic carbocycles. The topological polar surface area (TPSA) is 122 Å². The van der Waals surface area contributed by atoms with Gasteiger partial charge in [-0.3, -0.25) is 4.79 Å². The second-order valence-corrected chi connectivity index (χ2v) is 11.3. The van der Waals surface area contributed by atoms with Crippen molar-refractivity contribution in [3.63, 3.8) is 0 Å². The Hall–Kier alpha value is -1.98. The number of nitrogens with zero attached hydrogens (tertiary/aromatic N) is 4. The van der Waals surface area contributed by atoms with Crippen LogP contribution in [0.5, 0.6) is 5.75 Å². The lowest BCUT2D eigenvalue weighted by molar-refractivity contribution is 0.0480.